The van der Waals surface area contributed by atoms with Gasteiger partial charge in [-0.15, -0.1) is 11.3 Å². The van der Waals surface area contributed by atoms with E-state index in [4.69, 9.17) is 0 Å². The number of rotatable bonds is 3. The van der Waals surface area contributed by atoms with Crippen LogP contribution in [0.1, 0.15) is 52.1 Å². The second kappa shape index (κ2) is 5.98. The predicted molar refractivity (Wildman–Crippen MR) is 85.6 cm³/mol. The van der Waals surface area contributed by atoms with Crippen molar-refractivity contribution in [2.75, 3.05) is 0 Å². The molecule has 21 heavy (non-hydrogen) atoms. The minimum Gasteiger partial charge on any atom is -0.343 e. The summed E-state index contributed by atoms with van der Waals surface area (Å²) in [6.45, 7) is 4.25. The van der Waals surface area contributed by atoms with Crippen LogP contribution in [0, 0.1) is 5.92 Å². The van der Waals surface area contributed by atoms with Crippen LogP contribution in [0.25, 0.3) is 0 Å². The van der Waals surface area contributed by atoms with Gasteiger partial charge in [0.15, 0.2) is 0 Å². The smallest absolute Gasteiger partial charge is 0.261 e. The van der Waals surface area contributed by atoms with Crippen molar-refractivity contribution in [3.8, 4) is 0 Å². The molecule has 2 aromatic heterocycles. The summed E-state index contributed by atoms with van der Waals surface area (Å²) in [5.74, 6) is 0.746. The minimum atomic E-state index is -0.0725. The molecule has 1 aliphatic rings. The number of hydrogen-bond donors (Lipinski definition) is 1. The number of fused-ring (bicyclic) bond motifs is 1. The number of carbonyl (C=O) groups is 1. The molecule has 0 unspecified atom stereocenters. The topological polar surface area (TPSA) is 42.0 Å². The Hall–Kier alpha value is -1.68. The van der Waals surface area contributed by atoms with Gasteiger partial charge in [-0.2, -0.15) is 0 Å². The molecule has 1 aliphatic carbocycles. The number of nitrogens with zero attached hydrogens (tertiary/aromatic N) is 1. The lowest BCUT2D eigenvalue weighted by Gasteiger charge is -2.16. The quantitative estimate of drug-likeness (QED) is 0.938. The SMILES string of the molecule is C[C@H]1CCc2sc(C(=O)N[C@H](C)c3ccccn3)cc2C1. The maximum atomic E-state index is 12.4. The third-order valence-electron chi connectivity index (χ3n) is 4.03. The number of hydrogen-bond acceptors (Lipinski definition) is 3. The van der Waals surface area contributed by atoms with Gasteiger partial charge in [-0.05, 0) is 55.9 Å². The Bertz CT molecular complexity index is 635. The highest BCUT2D eigenvalue weighted by Crippen LogP contribution is 2.32. The van der Waals surface area contributed by atoms with Crippen molar-refractivity contribution < 1.29 is 4.79 Å². The first kappa shape index (κ1) is 14.3. The summed E-state index contributed by atoms with van der Waals surface area (Å²) >= 11 is 1.65. The van der Waals surface area contributed by atoms with E-state index in [9.17, 15) is 4.79 Å². The van der Waals surface area contributed by atoms with Crippen LogP contribution in [0.4, 0.5) is 0 Å². The molecule has 2 atom stereocenters. The van der Waals surface area contributed by atoms with Gasteiger partial charge in [0.25, 0.3) is 5.91 Å². The number of carbonyl (C=O) groups excluding carboxylic acids is 1. The molecule has 0 radical (unpaired) electrons. The van der Waals surface area contributed by atoms with E-state index in [-0.39, 0.29) is 11.9 Å². The third kappa shape index (κ3) is 3.16. The molecular formula is C17H20N2OS. The van der Waals surface area contributed by atoms with E-state index in [2.05, 4.69) is 23.3 Å². The predicted octanol–water partition coefficient (Wildman–Crippen LogP) is 3.76. The van der Waals surface area contributed by atoms with Gasteiger partial charge in [0.05, 0.1) is 16.6 Å². The zero-order valence-corrected chi connectivity index (χ0v) is 13.2. The number of aryl methyl sites for hydroxylation is 1. The number of pyridine rings is 1. The lowest BCUT2D eigenvalue weighted by atomic mass is 9.90. The zero-order chi connectivity index (χ0) is 14.8. The molecule has 3 nitrogen and oxygen atoms in total. The molecule has 3 rings (SSSR count). The fraction of sp³-hybridized carbons (Fsp3) is 0.412. The van der Waals surface area contributed by atoms with Crippen molar-refractivity contribution in [2.45, 2.75) is 39.2 Å². The van der Waals surface area contributed by atoms with Gasteiger partial charge >= 0.3 is 0 Å². The molecule has 0 bridgehead atoms. The van der Waals surface area contributed by atoms with E-state index in [0.717, 1.165) is 29.3 Å². The monoisotopic (exact) mass is 300 g/mol. The molecule has 2 aromatic rings. The Labute approximate surface area is 129 Å². The summed E-state index contributed by atoms with van der Waals surface area (Å²) in [6, 6.07) is 7.77. The molecule has 0 spiro atoms. The Morgan fingerprint density at radius 2 is 2.33 bits per heavy atom. The van der Waals surface area contributed by atoms with Crippen LogP contribution < -0.4 is 5.32 Å². The van der Waals surface area contributed by atoms with Gasteiger partial charge in [0.1, 0.15) is 0 Å². The standard InChI is InChI=1S/C17H20N2OS/c1-11-6-7-15-13(9-11)10-16(21-15)17(20)19-12(2)14-5-3-4-8-18-14/h3-5,8,10-12H,6-7,9H2,1-2H3,(H,19,20)/t11-,12+/m0/s1. The molecule has 110 valence electrons. The fourth-order valence-corrected chi connectivity index (χ4v) is 3.90. The van der Waals surface area contributed by atoms with E-state index in [1.165, 1.54) is 16.9 Å². The van der Waals surface area contributed by atoms with Crippen LogP contribution in [0.3, 0.4) is 0 Å². The number of nitrogens with one attached hydrogen (secondary N) is 1. The fourth-order valence-electron chi connectivity index (χ4n) is 2.79. The molecular weight excluding hydrogens is 280 g/mol. The van der Waals surface area contributed by atoms with Gasteiger partial charge in [0, 0.05) is 11.1 Å². The average molecular weight is 300 g/mol. The van der Waals surface area contributed by atoms with E-state index < -0.39 is 0 Å². The van der Waals surface area contributed by atoms with E-state index in [0.29, 0.717) is 0 Å². The van der Waals surface area contributed by atoms with Crippen LogP contribution in [-0.2, 0) is 12.8 Å². The van der Waals surface area contributed by atoms with Crippen molar-refractivity contribution in [1.29, 1.82) is 0 Å². The van der Waals surface area contributed by atoms with Gasteiger partial charge in [0.2, 0.25) is 0 Å². The Kier molecular flexibility index (Phi) is 4.06. The van der Waals surface area contributed by atoms with Gasteiger partial charge < -0.3 is 5.32 Å². The highest BCUT2D eigenvalue weighted by molar-refractivity contribution is 7.14. The number of thiophene rings is 1. The molecule has 1 amide bonds. The number of aromatic nitrogens is 1. The van der Waals surface area contributed by atoms with Gasteiger partial charge in [-0.1, -0.05) is 13.0 Å². The molecule has 0 aliphatic heterocycles. The maximum absolute atomic E-state index is 12.4. The first-order chi connectivity index (χ1) is 10.1. The maximum Gasteiger partial charge on any atom is 0.261 e. The zero-order valence-electron chi connectivity index (χ0n) is 12.4. The summed E-state index contributed by atoms with van der Waals surface area (Å²) in [4.78, 5) is 18.9. The molecule has 0 saturated carbocycles. The lowest BCUT2D eigenvalue weighted by molar-refractivity contribution is 0.0943. The average Bonchev–Trinajstić information content (AvgIpc) is 2.91. The second-order valence-corrected chi connectivity index (χ2v) is 6.99. The minimum absolute atomic E-state index is 0.0141. The first-order valence-corrected chi connectivity index (χ1v) is 8.28. The van der Waals surface area contributed by atoms with E-state index in [1.54, 1.807) is 17.5 Å². The first-order valence-electron chi connectivity index (χ1n) is 7.47. The molecule has 0 fully saturated rings. The lowest BCUT2D eigenvalue weighted by Crippen LogP contribution is -2.26. The Morgan fingerprint density at radius 1 is 1.48 bits per heavy atom. The normalized spacial score (nSPS) is 18.9. The summed E-state index contributed by atoms with van der Waals surface area (Å²) in [7, 11) is 0. The summed E-state index contributed by atoms with van der Waals surface area (Å²) in [6.07, 6.45) is 5.21. The number of amides is 1. The van der Waals surface area contributed by atoms with Gasteiger partial charge in [-0.3, -0.25) is 9.78 Å². The molecule has 0 saturated heterocycles. The van der Waals surface area contributed by atoms with Crippen molar-refractivity contribution in [1.82, 2.24) is 10.3 Å². The highest BCUT2D eigenvalue weighted by Gasteiger charge is 2.21. The molecule has 4 heteroatoms. The van der Waals surface area contributed by atoms with Crippen LogP contribution in [0.5, 0.6) is 0 Å². The summed E-state index contributed by atoms with van der Waals surface area (Å²) in [5.41, 5.74) is 2.26. The van der Waals surface area contributed by atoms with Crippen LogP contribution >= 0.6 is 11.3 Å². The second-order valence-electron chi connectivity index (χ2n) is 5.86. The van der Waals surface area contributed by atoms with Crippen LogP contribution in [0.15, 0.2) is 30.5 Å². The van der Waals surface area contributed by atoms with E-state index in [1.807, 2.05) is 25.1 Å². The Morgan fingerprint density at radius 3 is 3.10 bits per heavy atom. The highest BCUT2D eigenvalue weighted by atomic mass is 32.1. The Balaban J connectivity index is 1.71. The molecule has 1 N–H and O–H groups in total. The van der Waals surface area contributed by atoms with Crippen molar-refractivity contribution in [3.05, 3.63) is 51.5 Å². The molecule has 0 aromatic carbocycles. The van der Waals surface area contributed by atoms with Crippen LogP contribution in [0.2, 0.25) is 0 Å². The van der Waals surface area contributed by atoms with E-state index >= 15 is 0 Å². The summed E-state index contributed by atoms with van der Waals surface area (Å²) < 4.78 is 0. The summed E-state index contributed by atoms with van der Waals surface area (Å²) in [5, 5.41) is 3.04. The van der Waals surface area contributed by atoms with Crippen molar-refractivity contribution in [3.63, 3.8) is 0 Å². The molecule has 2 heterocycles. The third-order valence-corrected chi connectivity index (χ3v) is 5.27. The van der Waals surface area contributed by atoms with Gasteiger partial charge in [-0.25, -0.2) is 0 Å². The van der Waals surface area contributed by atoms with Crippen LogP contribution in [-0.4, -0.2) is 10.9 Å². The van der Waals surface area contributed by atoms with Crippen molar-refractivity contribution in [2.24, 2.45) is 5.92 Å². The van der Waals surface area contributed by atoms with Crippen molar-refractivity contribution >= 4 is 17.2 Å². The largest absolute Gasteiger partial charge is 0.343 e.